The van der Waals surface area contributed by atoms with E-state index in [2.05, 4.69) is 5.43 Å². The molecule has 20 heavy (non-hydrogen) atoms. The molecule has 1 aliphatic rings. The van der Waals surface area contributed by atoms with Crippen LogP contribution in [0, 0.1) is 0 Å². The molecule has 1 heterocycles. The van der Waals surface area contributed by atoms with E-state index in [0.29, 0.717) is 5.69 Å². The van der Waals surface area contributed by atoms with Crippen LogP contribution in [0.2, 0.25) is 0 Å². The largest absolute Gasteiger partial charge is 0.324 e. The fourth-order valence-corrected chi connectivity index (χ4v) is 5.60. The van der Waals surface area contributed by atoms with Crippen LogP contribution < -0.4 is 11.3 Å². The molecule has 1 aromatic carbocycles. The van der Waals surface area contributed by atoms with Gasteiger partial charge in [0.2, 0.25) is 10.0 Å². The van der Waals surface area contributed by atoms with Gasteiger partial charge >= 0.3 is 0 Å². The number of nitrogens with one attached hydrogen (secondary N) is 1. The summed E-state index contributed by atoms with van der Waals surface area (Å²) in [6.07, 6.45) is 0. The number of benzene rings is 1. The van der Waals surface area contributed by atoms with Crippen LogP contribution in [0.25, 0.3) is 0 Å². The lowest BCUT2D eigenvalue weighted by atomic mass is 10.3. The molecule has 1 unspecified atom stereocenters. The normalized spacial score (nSPS) is 23.4. The lowest BCUT2D eigenvalue weighted by molar-refractivity contribution is 0.357. The van der Waals surface area contributed by atoms with Crippen LogP contribution in [0.5, 0.6) is 0 Å². The van der Waals surface area contributed by atoms with Gasteiger partial charge in [0.15, 0.2) is 9.84 Å². The van der Waals surface area contributed by atoms with Gasteiger partial charge in [0.1, 0.15) is 0 Å². The van der Waals surface area contributed by atoms with Gasteiger partial charge in [-0.15, -0.1) is 0 Å². The molecular formula is C11H17N3O4S2. The smallest absolute Gasteiger partial charge is 0.243 e. The molecule has 0 amide bonds. The van der Waals surface area contributed by atoms with Crippen LogP contribution in [0.15, 0.2) is 29.2 Å². The molecule has 1 fully saturated rings. The van der Waals surface area contributed by atoms with E-state index in [0.717, 1.165) is 0 Å². The molecule has 7 nitrogen and oxygen atoms in total. The number of nitrogens with two attached hydrogens (primary N) is 1. The monoisotopic (exact) mass is 319 g/mol. The maximum Gasteiger partial charge on any atom is 0.243 e. The zero-order valence-electron chi connectivity index (χ0n) is 11.0. The van der Waals surface area contributed by atoms with E-state index in [-0.39, 0.29) is 22.9 Å². The van der Waals surface area contributed by atoms with Crippen molar-refractivity contribution in [3.8, 4) is 0 Å². The molecule has 1 atom stereocenters. The van der Waals surface area contributed by atoms with Crippen LogP contribution in [0.1, 0.15) is 6.92 Å². The summed E-state index contributed by atoms with van der Waals surface area (Å²) < 4.78 is 49.2. The summed E-state index contributed by atoms with van der Waals surface area (Å²) in [6, 6.07) is 5.43. The second-order valence-electron chi connectivity index (χ2n) is 4.75. The number of hydrogen-bond donors (Lipinski definition) is 2. The van der Waals surface area contributed by atoms with Crippen molar-refractivity contribution in [2.75, 3.05) is 23.5 Å². The lowest BCUT2D eigenvalue weighted by Crippen LogP contribution is -2.49. The second kappa shape index (κ2) is 5.32. The van der Waals surface area contributed by atoms with E-state index in [9.17, 15) is 16.8 Å². The molecule has 1 aromatic rings. The van der Waals surface area contributed by atoms with Crippen molar-refractivity contribution in [1.82, 2.24) is 4.31 Å². The summed E-state index contributed by atoms with van der Waals surface area (Å²) in [5.41, 5.74) is 3.01. The first-order chi connectivity index (χ1) is 9.26. The van der Waals surface area contributed by atoms with E-state index in [1.54, 1.807) is 19.1 Å². The molecular weight excluding hydrogens is 302 g/mol. The van der Waals surface area contributed by atoms with E-state index in [1.165, 1.54) is 16.4 Å². The third-order valence-electron chi connectivity index (χ3n) is 3.24. The Kier molecular flexibility index (Phi) is 4.05. The highest BCUT2D eigenvalue weighted by Gasteiger charge is 2.36. The molecule has 2 rings (SSSR count). The zero-order chi connectivity index (χ0) is 15.0. The Bertz CT molecular complexity index is 683. The van der Waals surface area contributed by atoms with Gasteiger partial charge in [0.25, 0.3) is 0 Å². The van der Waals surface area contributed by atoms with Crippen molar-refractivity contribution in [3.63, 3.8) is 0 Å². The highest BCUT2D eigenvalue weighted by Crippen LogP contribution is 2.23. The highest BCUT2D eigenvalue weighted by atomic mass is 32.2. The van der Waals surface area contributed by atoms with Crippen molar-refractivity contribution in [1.29, 1.82) is 0 Å². The van der Waals surface area contributed by atoms with E-state index >= 15 is 0 Å². The maximum atomic E-state index is 12.5. The minimum atomic E-state index is -3.69. The Morgan fingerprint density at radius 1 is 1.30 bits per heavy atom. The van der Waals surface area contributed by atoms with Gasteiger partial charge in [-0.2, -0.15) is 4.31 Å². The van der Waals surface area contributed by atoms with Crippen molar-refractivity contribution in [2.45, 2.75) is 17.9 Å². The van der Waals surface area contributed by atoms with Crippen molar-refractivity contribution in [3.05, 3.63) is 24.3 Å². The number of nitrogens with zero attached hydrogens (tertiary/aromatic N) is 1. The minimum Gasteiger partial charge on any atom is -0.324 e. The topological polar surface area (TPSA) is 110 Å². The number of nitrogen functional groups attached to an aromatic ring is 1. The molecule has 1 saturated heterocycles. The Hall–Kier alpha value is -1.16. The van der Waals surface area contributed by atoms with Crippen LogP contribution in [-0.2, 0) is 19.9 Å². The summed E-state index contributed by atoms with van der Waals surface area (Å²) >= 11 is 0. The van der Waals surface area contributed by atoms with E-state index in [1.807, 2.05) is 0 Å². The first kappa shape index (κ1) is 15.2. The molecule has 0 radical (unpaired) electrons. The van der Waals surface area contributed by atoms with Crippen LogP contribution >= 0.6 is 0 Å². The molecule has 0 saturated carbocycles. The van der Waals surface area contributed by atoms with Gasteiger partial charge in [-0.05, 0) is 31.2 Å². The third-order valence-corrected chi connectivity index (χ3v) is 7.06. The Morgan fingerprint density at radius 3 is 2.40 bits per heavy atom. The predicted molar refractivity (Wildman–Crippen MR) is 76.3 cm³/mol. The average molecular weight is 319 g/mol. The third kappa shape index (κ3) is 2.95. The second-order valence-corrected chi connectivity index (χ2v) is 8.87. The molecule has 0 aliphatic carbocycles. The quantitative estimate of drug-likeness (QED) is 0.589. The van der Waals surface area contributed by atoms with Crippen molar-refractivity contribution >= 4 is 25.5 Å². The zero-order valence-corrected chi connectivity index (χ0v) is 12.6. The van der Waals surface area contributed by atoms with Gasteiger partial charge in [0, 0.05) is 18.3 Å². The summed E-state index contributed by atoms with van der Waals surface area (Å²) in [4.78, 5) is 0.127. The Morgan fingerprint density at radius 2 is 1.90 bits per heavy atom. The molecule has 0 spiro atoms. The first-order valence-corrected chi connectivity index (χ1v) is 9.31. The highest BCUT2D eigenvalue weighted by molar-refractivity contribution is 7.92. The molecule has 3 N–H and O–H groups in total. The number of hydrazine groups is 1. The van der Waals surface area contributed by atoms with Gasteiger partial charge in [-0.25, -0.2) is 16.8 Å². The van der Waals surface area contributed by atoms with E-state index in [4.69, 9.17) is 5.84 Å². The van der Waals surface area contributed by atoms with Crippen molar-refractivity contribution < 1.29 is 16.8 Å². The standard InChI is InChI=1S/C11H17N3O4S2/c1-9-8-19(15,16)7-6-14(9)20(17,18)11-4-2-10(13-12)3-5-11/h2-5,9,13H,6-8,12H2,1H3. The summed E-state index contributed by atoms with van der Waals surface area (Å²) in [6.45, 7) is 1.59. The molecule has 9 heteroatoms. The number of hydrogen-bond acceptors (Lipinski definition) is 6. The van der Waals surface area contributed by atoms with Gasteiger partial charge in [-0.1, -0.05) is 0 Å². The Balaban J connectivity index is 2.30. The molecule has 1 aliphatic heterocycles. The summed E-state index contributed by atoms with van der Waals surface area (Å²) in [7, 11) is -6.84. The van der Waals surface area contributed by atoms with Crippen LogP contribution in [-0.4, -0.2) is 45.2 Å². The molecule has 0 bridgehead atoms. The Labute approximate surface area is 118 Å². The summed E-state index contributed by atoms with van der Waals surface area (Å²) in [5, 5.41) is 0. The number of sulfonamides is 1. The van der Waals surface area contributed by atoms with Crippen LogP contribution in [0.4, 0.5) is 5.69 Å². The number of sulfone groups is 1. The average Bonchev–Trinajstić information content (AvgIpc) is 2.37. The number of anilines is 1. The van der Waals surface area contributed by atoms with Crippen LogP contribution in [0.3, 0.4) is 0 Å². The first-order valence-electron chi connectivity index (χ1n) is 6.05. The van der Waals surface area contributed by atoms with Gasteiger partial charge in [0.05, 0.1) is 16.4 Å². The van der Waals surface area contributed by atoms with Gasteiger partial charge in [-0.3, -0.25) is 5.84 Å². The summed E-state index contributed by atoms with van der Waals surface area (Å²) in [5.74, 6) is 4.94. The molecule has 0 aromatic heterocycles. The fraction of sp³-hybridized carbons (Fsp3) is 0.455. The predicted octanol–water partition coefficient (Wildman–Crippen LogP) is -0.220. The van der Waals surface area contributed by atoms with Gasteiger partial charge < -0.3 is 5.43 Å². The molecule has 112 valence electrons. The SMILES string of the molecule is CC1CS(=O)(=O)CCN1S(=O)(=O)c1ccc(NN)cc1. The lowest BCUT2D eigenvalue weighted by Gasteiger charge is -2.32. The minimum absolute atomic E-state index is 0.0112. The maximum absolute atomic E-state index is 12.5. The van der Waals surface area contributed by atoms with E-state index < -0.39 is 25.9 Å². The van der Waals surface area contributed by atoms with Crippen molar-refractivity contribution in [2.24, 2.45) is 5.84 Å². The number of rotatable bonds is 3. The fourth-order valence-electron chi connectivity index (χ4n) is 2.20.